The molecule has 0 fully saturated rings. The van der Waals surface area contributed by atoms with Crippen LogP contribution in [0.25, 0.3) is 0 Å². The van der Waals surface area contributed by atoms with Gasteiger partial charge in [0.1, 0.15) is 0 Å². The van der Waals surface area contributed by atoms with Gasteiger partial charge in [-0.25, -0.2) is 19.3 Å². The SMILES string of the molecule is CCNc1ncc(F)c(Cc2nc(C(C)(C)C)cs2)n1. The van der Waals surface area contributed by atoms with Crippen LogP contribution in [0.4, 0.5) is 10.3 Å². The Morgan fingerprint density at radius 3 is 2.65 bits per heavy atom. The fraction of sp³-hybridized carbons (Fsp3) is 0.500. The Morgan fingerprint density at radius 1 is 1.30 bits per heavy atom. The molecule has 2 aromatic heterocycles. The predicted octanol–water partition coefficient (Wildman–Crippen LogP) is 3.39. The second-order valence-electron chi connectivity index (χ2n) is 5.57. The van der Waals surface area contributed by atoms with E-state index in [1.54, 1.807) is 11.3 Å². The zero-order valence-electron chi connectivity index (χ0n) is 12.2. The fourth-order valence-corrected chi connectivity index (χ4v) is 2.67. The molecule has 6 heteroatoms. The molecule has 20 heavy (non-hydrogen) atoms. The van der Waals surface area contributed by atoms with Crippen LogP contribution in [-0.2, 0) is 11.8 Å². The van der Waals surface area contributed by atoms with E-state index in [4.69, 9.17) is 0 Å². The summed E-state index contributed by atoms with van der Waals surface area (Å²) in [6.07, 6.45) is 1.60. The first-order chi connectivity index (χ1) is 9.40. The van der Waals surface area contributed by atoms with Crippen LogP contribution in [0.1, 0.15) is 44.1 Å². The van der Waals surface area contributed by atoms with E-state index in [-0.39, 0.29) is 11.2 Å². The monoisotopic (exact) mass is 294 g/mol. The number of hydrogen-bond acceptors (Lipinski definition) is 5. The highest BCUT2D eigenvalue weighted by Gasteiger charge is 2.18. The van der Waals surface area contributed by atoms with Crippen LogP contribution in [0.3, 0.4) is 0 Å². The lowest BCUT2D eigenvalue weighted by atomic mass is 9.93. The van der Waals surface area contributed by atoms with Gasteiger partial charge in [-0.15, -0.1) is 11.3 Å². The van der Waals surface area contributed by atoms with Crippen LogP contribution in [0.15, 0.2) is 11.6 Å². The molecule has 0 atom stereocenters. The van der Waals surface area contributed by atoms with Crippen LogP contribution < -0.4 is 5.32 Å². The van der Waals surface area contributed by atoms with Gasteiger partial charge in [-0.1, -0.05) is 20.8 Å². The van der Waals surface area contributed by atoms with Gasteiger partial charge in [0.25, 0.3) is 0 Å². The van der Waals surface area contributed by atoms with Crippen LogP contribution >= 0.6 is 11.3 Å². The third-order valence-electron chi connectivity index (χ3n) is 2.79. The molecule has 0 spiro atoms. The van der Waals surface area contributed by atoms with E-state index in [0.717, 1.165) is 10.7 Å². The minimum Gasteiger partial charge on any atom is -0.354 e. The van der Waals surface area contributed by atoms with Crippen LogP contribution in [0.2, 0.25) is 0 Å². The average molecular weight is 294 g/mol. The summed E-state index contributed by atoms with van der Waals surface area (Å²) in [6, 6.07) is 0. The summed E-state index contributed by atoms with van der Waals surface area (Å²) in [7, 11) is 0. The second-order valence-corrected chi connectivity index (χ2v) is 6.51. The first-order valence-corrected chi connectivity index (χ1v) is 7.48. The van der Waals surface area contributed by atoms with Crippen molar-refractivity contribution < 1.29 is 4.39 Å². The van der Waals surface area contributed by atoms with E-state index in [1.165, 1.54) is 6.20 Å². The number of hydrogen-bond donors (Lipinski definition) is 1. The third kappa shape index (κ3) is 3.50. The normalized spacial score (nSPS) is 11.7. The van der Waals surface area contributed by atoms with E-state index in [9.17, 15) is 4.39 Å². The van der Waals surface area contributed by atoms with Crippen molar-refractivity contribution in [3.05, 3.63) is 33.8 Å². The number of nitrogens with one attached hydrogen (secondary N) is 1. The Balaban J connectivity index is 2.21. The number of halogens is 1. The number of thiazole rings is 1. The Kier molecular flexibility index (Phi) is 4.32. The zero-order chi connectivity index (χ0) is 14.8. The summed E-state index contributed by atoms with van der Waals surface area (Å²) >= 11 is 1.54. The lowest BCUT2D eigenvalue weighted by Crippen LogP contribution is -2.11. The molecule has 0 amide bonds. The molecule has 4 nitrogen and oxygen atoms in total. The molecule has 2 rings (SSSR count). The van der Waals surface area contributed by atoms with Gasteiger partial charge in [0.15, 0.2) is 5.82 Å². The molecule has 108 valence electrons. The zero-order valence-corrected chi connectivity index (χ0v) is 13.0. The highest BCUT2D eigenvalue weighted by atomic mass is 32.1. The Bertz CT molecular complexity index is 589. The Labute approximate surface area is 122 Å². The molecule has 0 aliphatic rings. The minimum absolute atomic E-state index is 0.00783. The van der Waals surface area contributed by atoms with E-state index >= 15 is 0 Å². The molecular formula is C14H19FN4S. The van der Waals surface area contributed by atoms with Crippen molar-refractivity contribution in [2.75, 3.05) is 11.9 Å². The maximum atomic E-state index is 13.8. The highest BCUT2D eigenvalue weighted by molar-refractivity contribution is 7.09. The van der Waals surface area contributed by atoms with Crippen molar-refractivity contribution >= 4 is 17.3 Å². The van der Waals surface area contributed by atoms with Crippen molar-refractivity contribution in [2.24, 2.45) is 0 Å². The molecule has 0 aromatic carbocycles. The Hall–Kier alpha value is -1.56. The van der Waals surface area contributed by atoms with Gasteiger partial charge in [0.2, 0.25) is 5.95 Å². The Morgan fingerprint density at radius 2 is 2.05 bits per heavy atom. The average Bonchev–Trinajstić information content (AvgIpc) is 2.82. The summed E-state index contributed by atoms with van der Waals surface area (Å²) in [5, 5.41) is 5.88. The third-order valence-corrected chi connectivity index (χ3v) is 3.64. The van der Waals surface area contributed by atoms with Crippen molar-refractivity contribution in [3.8, 4) is 0 Å². The molecule has 0 aliphatic heterocycles. The lowest BCUT2D eigenvalue weighted by molar-refractivity contribution is 0.570. The van der Waals surface area contributed by atoms with E-state index in [2.05, 4.69) is 41.0 Å². The largest absolute Gasteiger partial charge is 0.354 e. The smallest absolute Gasteiger partial charge is 0.223 e. The van der Waals surface area contributed by atoms with E-state index in [0.29, 0.717) is 24.6 Å². The van der Waals surface area contributed by atoms with Gasteiger partial charge in [0.05, 0.1) is 22.6 Å². The number of anilines is 1. The van der Waals surface area contributed by atoms with E-state index in [1.807, 2.05) is 12.3 Å². The van der Waals surface area contributed by atoms with Gasteiger partial charge in [-0.3, -0.25) is 0 Å². The number of aromatic nitrogens is 3. The highest BCUT2D eigenvalue weighted by Crippen LogP contribution is 2.25. The molecule has 2 aromatic rings. The summed E-state index contributed by atoms with van der Waals surface area (Å²) < 4.78 is 13.8. The van der Waals surface area contributed by atoms with Crippen LogP contribution in [0, 0.1) is 5.82 Å². The van der Waals surface area contributed by atoms with Gasteiger partial charge < -0.3 is 5.32 Å². The van der Waals surface area contributed by atoms with Gasteiger partial charge in [-0.05, 0) is 6.92 Å². The van der Waals surface area contributed by atoms with Crippen molar-refractivity contribution in [1.29, 1.82) is 0 Å². The topological polar surface area (TPSA) is 50.7 Å². The molecule has 0 saturated heterocycles. The fourth-order valence-electron chi connectivity index (χ4n) is 1.65. The van der Waals surface area contributed by atoms with Crippen molar-refractivity contribution in [1.82, 2.24) is 15.0 Å². The van der Waals surface area contributed by atoms with E-state index < -0.39 is 0 Å². The standard InChI is InChI=1S/C14H19FN4S/c1-5-16-13-17-7-9(15)10(18-13)6-12-19-11(8-20-12)14(2,3)4/h7-8H,5-6H2,1-4H3,(H,16,17,18). The maximum Gasteiger partial charge on any atom is 0.223 e. The molecule has 2 heterocycles. The summed E-state index contributed by atoms with van der Waals surface area (Å²) in [4.78, 5) is 12.7. The van der Waals surface area contributed by atoms with Crippen LogP contribution in [-0.4, -0.2) is 21.5 Å². The van der Waals surface area contributed by atoms with Crippen molar-refractivity contribution in [2.45, 2.75) is 39.5 Å². The first kappa shape index (κ1) is 14.8. The predicted molar refractivity (Wildman–Crippen MR) is 79.8 cm³/mol. The van der Waals surface area contributed by atoms with Gasteiger partial charge >= 0.3 is 0 Å². The minimum atomic E-state index is -0.390. The molecule has 0 radical (unpaired) electrons. The molecule has 0 bridgehead atoms. The summed E-state index contributed by atoms with van der Waals surface area (Å²) in [5.74, 6) is 0.0654. The van der Waals surface area contributed by atoms with Crippen LogP contribution in [0.5, 0.6) is 0 Å². The van der Waals surface area contributed by atoms with Gasteiger partial charge in [0, 0.05) is 23.8 Å². The number of nitrogens with zero attached hydrogens (tertiary/aromatic N) is 3. The molecular weight excluding hydrogens is 275 g/mol. The second kappa shape index (κ2) is 5.83. The first-order valence-electron chi connectivity index (χ1n) is 6.60. The maximum absolute atomic E-state index is 13.8. The summed E-state index contributed by atoms with van der Waals surface area (Å²) in [6.45, 7) is 8.99. The quantitative estimate of drug-likeness (QED) is 0.939. The molecule has 0 unspecified atom stereocenters. The molecule has 0 saturated carbocycles. The van der Waals surface area contributed by atoms with Gasteiger partial charge in [-0.2, -0.15) is 0 Å². The van der Waals surface area contributed by atoms with Crippen molar-refractivity contribution in [3.63, 3.8) is 0 Å². The molecule has 0 aliphatic carbocycles. The molecule has 1 N–H and O–H groups in total. The lowest BCUT2D eigenvalue weighted by Gasteiger charge is -2.14. The number of rotatable bonds is 4. The summed E-state index contributed by atoms with van der Waals surface area (Å²) in [5.41, 5.74) is 1.41.